The first-order valence-electron chi connectivity index (χ1n) is 4.71. The van der Waals surface area contributed by atoms with Crippen molar-refractivity contribution in [1.29, 1.82) is 0 Å². The molecule has 4 N–H and O–H groups in total. The fourth-order valence-corrected chi connectivity index (χ4v) is 1.84. The number of anilines is 1. The van der Waals surface area contributed by atoms with Crippen molar-refractivity contribution in [3.8, 4) is 0 Å². The molecular formula is C10H14N4. The van der Waals surface area contributed by atoms with Crippen LogP contribution in [0.1, 0.15) is 12.0 Å². The Balaban J connectivity index is 2.40. The summed E-state index contributed by atoms with van der Waals surface area (Å²) in [6.07, 6.45) is 2.19. The predicted molar refractivity (Wildman–Crippen MR) is 57.9 cm³/mol. The molecule has 0 radical (unpaired) electrons. The van der Waals surface area contributed by atoms with Crippen molar-refractivity contribution < 1.29 is 0 Å². The molecule has 0 unspecified atom stereocenters. The summed E-state index contributed by atoms with van der Waals surface area (Å²) in [5.41, 5.74) is 8.15. The van der Waals surface area contributed by atoms with Gasteiger partial charge >= 0.3 is 0 Å². The third-order valence-electron chi connectivity index (χ3n) is 2.52. The van der Waals surface area contributed by atoms with Crippen molar-refractivity contribution in [3.63, 3.8) is 0 Å². The van der Waals surface area contributed by atoms with Crippen LogP contribution in [0.4, 0.5) is 5.69 Å². The van der Waals surface area contributed by atoms with Gasteiger partial charge in [-0.25, -0.2) is 0 Å². The van der Waals surface area contributed by atoms with Gasteiger partial charge in [0.2, 0.25) is 5.96 Å². The van der Waals surface area contributed by atoms with E-state index in [0.717, 1.165) is 25.1 Å². The lowest BCUT2D eigenvalue weighted by molar-refractivity contribution is 0.773. The quantitative estimate of drug-likeness (QED) is 0.273. The highest BCUT2D eigenvalue weighted by molar-refractivity contribution is 5.95. The fraction of sp³-hybridized carbons (Fsp3) is 0.300. The van der Waals surface area contributed by atoms with Gasteiger partial charge in [-0.2, -0.15) is 0 Å². The van der Waals surface area contributed by atoms with Crippen LogP contribution >= 0.6 is 0 Å². The van der Waals surface area contributed by atoms with Crippen molar-refractivity contribution >= 4 is 11.6 Å². The van der Waals surface area contributed by atoms with E-state index in [1.807, 2.05) is 23.1 Å². The van der Waals surface area contributed by atoms with Crippen LogP contribution in [0.5, 0.6) is 0 Å². The van der Waals surface area contributed by atoms with Crippen LogP contribution < -0.4 is 16.5 Å². The van der Waals surface area contributed by atoms with Crippen LogP contribution in [-0.2, 0) is 6.42 Å². The van der Waals surface area contributed by atoms with Crippen molar-refractivity contribution in [2.24, 2.45) is 16.7 Å². The van der Waals surface area contributed by atoms with E-state index in [4.69, 9.17) is 11.6 Å². The zero-order valence-corrected chi connectivity index (χ0v) is 7.98. The summed E-state index contributed by atoms with van der Waals surface area (Å²) in [6.45, 7) is 0.892. The first-order valence-corrected chi connectivity index (χ1v) is 4.71. The van der Waals surface area contributed by atoms with Gasteiger partial charge in [0.25, 0.3) is 0 Å². The number of nitrogens with two attached hydrogens (primary N) is 2. The number of hydrazone groups is 1. The third kappa shape index (κ3) is 1.39. The molecule has 14 heavy (non-hydrogen) atoms. The standard InChI is InChI=1S/C10H14N4/c11-10(13-12)14-7-3-5-8-4-1-2-6-9(8)14/h1-2,4,6H,3,5,7,12H2,(H2,11,13). The van der Waals surface area contributed by atoms with Crippen LogP contribution in [0.25, 0.3) is 0 Å². The highest BCUT2D eigenvalue weighted by atomic mass is 15.3. The molecule has 4 nitrogen and oxygen atoms in total. The monoisotopic (exact) mass is 190 g/mol. The van der Waals surface area contributed by atoms with Crippen LogP contribution in [-0.4, -0.2) is 12.5 Å². The van der Waals surface area contributed by atoms with Crippen LogP contribution in [0, 0.1) is 0 Å². The molecule has 1 aromatic rings. The second-order valence-electron chi connectivity index (χ2n) is 3.37. The van der Waals surface area contributed by atoms with E-state index in [1.54, 1.807) is 0 Å². The molecule has 74 valence electrons. The molecule has 1 aromatic carbocycles. The van der Waals surface area contributed by atoms with Gasteiger partial charge in [0.1, 0.15) is 0 Å². The smallest absolute Gasteiger partial charge is 0.217 e. The molecule has 1 aliphatic heterocycles. The Bertz CT molecular complexity index is 359. The normalized spacial score (nSPS) is 16.6. The fourth-order valence-electron chi connectivity index (χ4n) is 1.84. The minimum Gasteiger partial charge on any atom is -0.368 e. The summed E-state index contributed by atoms with van der Waals surface area (Å²) in [4.78, 5) is 1.96. The van der Waals surface area contributed by atoms with Gasteiger partial charge in [-0.3, -0.25) is 0 Å². The third-order valence-corrected chi connectivity index (χ3v) is 2.52. The second-order valence-corrected chi connectivity index (χ2v) is 3.37. The zero-order chi connectivity index (χ0) is 9.97. The summed E-state index contributed by atoms with van der Waals surface area (Å²) >= 11 is 0. The topological polar surface area (TPSA) is 67.6 Å². The molecule has 0 amide bonds. The van der Waals surface area contributed by atoms with Gasteiger partial charge in [0.05, 0.1) is 0 Å². The van der Waals surface area contributed by atoms with Gasteiger partial charge in [0.15, 0.2) is 0 Å². The highest BCUT2D eigenvalue weighted by Gasteiger charge is 2.18. The maximum absolute atomic E-state index is 5.71. The molecule has 0 saturated heterocycles. The molecule has 0 bridgehead atoms. The number of guanidine groups is 1. The molecule has 1 aliphatic rings. The number of hydrogen-bond donors (Lipinski definition) is 2. The van der Waals surface area contributed by atoms with Crippen LogP contribution in [0.2, 0.25) is 0 Å². The Labute approximate surface area is 83.2 Å². The Kier molecular flexibility index (Phi) is 2.26. The molecule has 0 aliphatic carbocycles. The van der Waals surface area contributed by atoms with Gasteiger partial charge in [0, 0.05) is 12.2 Å². The molecule has 4 heteroatoms. The number of aryl methyl sites for hydroxylation is 1. The molecule has 0 aromatic heterocycles. The lowest BCUT2D eigenvalue weighted by Gasteiger charge is -2.29. The first kappa shape index (κ1) is 8.87. The Morgan fingerprint density at radius 1 is 1.36 bits per heavy atom. The molecule has 0 spiro atoms. The maximum Gasteiger partial charge on any atom is 0.217 e. The minimum absolute atomic E-state index is 0.386. The summed E-state index contributed by atoms with van der Waals surface area (Å²) in [7, 11) is 0. The highest BCUT2D eigenvalue weighted by Crippen LogP contribution is 2.25. The molecule has 1 heterocycles. The van der Waals surface area contributed by atoms with Crippen molar-refractivity contribution in [3.05, 3.63) is 29.8 Å². The summed E-state index contributed by atoms with van der Waals surface area (Å²) in [6, 6.07) is 8.21. The molecule has 2 rings (SSSR count). The van der Waals surface area contributed by atoms with Crippen molar-refractivity contribution in [2.75, 3.05) is 11.4 Å². The average molecular weight is 190 g/mol. The zero-order valence-electron chi connectivity index (χ0n) is 7.98. The van der Waals surface area contributed by atoms with Gasteiger partial charge < -0.3 is 16.5 Å². The lowest BCUT2D eigenvalue weighted by atomic mass is 10.0. The van der Waals surface area contributed by atoms with Crippen molar-refractivity contribution in [2.45, 2.75) is 12.8 Å². The summed E-state index contributed by atoms with van der Waals surface area (Å²) < 4.78 is 0. The van der Waals surface area contributed by atoms with E-state index in [9.17, 15) is 0 Å². The van der Waals surface area contributed by atoms with Gasteiger partial charge in [-0.05, 0) is 24.5 Å². The summed E-state index contributed by atoms with van der Waals surface area (Å²) in [5, 5.41) is 3.53. The second kappa shape index (κ2) is 3.57. The van der Waals surface area contributed by atoms with Crippen molar-refractivity contribution in [1.82, 2.24) is 0 Å². The number of rotatable bonds is 0. The van der Waals surface area contributed by atoms with Gasteiger partial charge in [-0.15, -0.1) is 5.10 Å². The maximum atomic E-state index is 5.71. The van der Waals surface area contributed by atoms with E-state index in [-0.39, 0.29) is 0 Å². The van der Waals surface area contributed by atoms with Crippen LogP contribution in [0.3, 0.4) is 0 Å². The molecule has 0 saturated carbocycles. The first-order chi connectivity index (χ1) is 6.83. The molecule has 0 fully saturated rings. The number of benzene rings is 1. The Morgan fingerprint density at radius 2 is 2.14 bits per heavy atom. The Hall–Kier alpha value is -1.71. The predicted octanol–water partition coefficient (Wildman–Crippen LogP) is 0.628. The Morgan fingerprint density at radius 3 is 2.93 bits per heavy atom. The SMILES string of the molecule is NN=C(N)N1CCCc2ccccc21. The average Bonchev–Trinajstić information content (AvgIpc) is 2.27. The van der Waals surface area contributed by atoms with E-state index in [1.165, 1.54) is 5.56 Å². The number of hydrogen-bond acceptors (Lipinski definition) is 2. The number of fused-ring (bicyclic) bond motifs is 1. The summed E-state index contributed by atoms with van der Waals surface area (Å²) in [5.74, 6) is 5.57. The van der Waals surface area contributed by atoms with E-state index >= 15 is 0 Å². The molecule has 0 atom stereocenters. The number of para-hydroxylation sites is 1. The van der Waals surface area contributed by atoms with E-state index in [2.05, 4.69) is 11.2 Å². The lowest BCUT2D eigenvalue weighted by Crippen LogP contribution is -2.41. The van der Waals surface area contributed by atoms with Crippen LogP contribution in [0.15, 0.2) is 29.4 Å². The number of nitrogens with zero attached hydrogens (tertiary/aromatic N) is 2. The minimum atomic E-state index is 0.386. The van der Waals surface area contributed by atoms with E-state index in [0.29, 0.717) is 5.96 Å². The van der Waals surface area contributed by atoms with E-state index < -0.39 is 0 Å². The molecular weight excluding hydrogens is 176 g/mol. The van der Waals surface area contributed by atoms with Gasteiger partial charge in [-0.1, -0.05) is 18.2 Å². The largest absolute Gasteiger partial charge is 0.368 e.